The van der Waals surface area contributed by atoms with Crippen molar-refractivity contribution in [2.24, 2.45) is 0 Å². The zero-order valence-electron chi connectivity index (χ0n) is 14.1. The van der Waals surface area contributed by atoms with Crippen LogP contribution < -0.4 is 5.56 Å². The van der Waals surface area contributed by atoms with Crippen LogP contribution in [0.25, 0.3) is 21.1 Å². The molecule has 0 radical (unpaired) electrons. The molecular formula is C19H16ClN3OS. The molecule has 4 nitrogen and oxygen atoms in total. The average Bonchev–Trinajstić information content (AvgIpc) is 2.90. The van der Waals surface area contributed by atoms with Crippen molar-refractivity contribution >= 4 is 44.1 Å². The first-order valence-corrected chi connectivity index (χ1v) is 9.15. The first-order chi connectivity index (χ1) is 12.0. The van der Waals surface area contributed by atoms with E-state index in [1.165, 1.54) is 0 Å². The molecule has 0 N–H and O–H groups in total. The number of aryl methyl sites for hydroxylation is 3. The number of thiophene rings is 1. The average molecular weight is 370 g/mol. The minimum Gasteiger partial charge on any atom is -0.293 e. The standard InChI is InChI=1S/C19H16ClN3OS/c1-10-12(3)25-18-16(10)19(24)23(9-21-18)8-15-17(20)11(2)13-6-4-5-7-14(13)22-15/h4-7,9H,8H2,1-3H3. The van der Waals surface area contributed by atoms with Crippen LogP contribution in [0, 0.1) is 20.8 Å². The monoisotopic (exact) mass is 369 g/mol. The predicted octanol–water partition coefficient (Wildman–Crippen LogP) is 4.63. The molecule has 1 aromatic carbocycles. The molecular weight excluding hydrogens is 354 g/mol. The minimum atomic E-state index is -0.0458. The molecule has 0 saturated carbocycles. The Morgan fingerprint density at radius 2 is 1.92 bits per heavy atom. The summed E-state index contributed by atoms with van der Waals surface area (Å²) in [6.45, 7) is 6.26. The fourth-order valence-electron chi connectivity index (χ4n) is 3.07. The summed E-state index contributed by atoms with van der Waals surface area (Å²) in [5.74, 6) is 0. The highest BCUT2D eigenvalue weighted by molar-refractivity contribution is 7.18. The van der Waals surface area contributed by atoms with Crippen molar-refractivity contribution in [2.45, 2.75) is 27.3 Å². The van der Waals surface area contributed by atoms with Crippen molar-refractivity contribution in [3.63, 3.8) is 0 Å². The fraction of sp³-hybridized carbons (Fsp3) is 0.211. The van der Waals surface area contributed by atoms with Gasteiger partial charge in [0.2, 0.25) is 0 Å². The van der Waals surface area contributed by atoms with Crippen LogP contribution in [0.4, 0.5) is 0 Å². The molecule has 3 aromatic heterocycles. The summed E-state index contributed by atoms with van der Waals surface area (Å²) in [5.41, 5.74) is 3.50. The number of rotatable bonds is 2. The van der Waals surface area contributed by atoms with Gasteiger partial charge in [-0.2, -0.15) is 0 Å². The lowest BCUT2D eigenvalue weighted by Crippen LogP contribution is -2.22. The maximum absolute atomic E-state index is 12.9. The molecule has 6 heteroatoms. The van der Waals surface area contributed by atoms with Gasteiger partial charge in [-0.15, -0.1) is 11.3 Å². The largest absolute Gasteiger partial charge is 0.293 e. The van der Waals surface area contributed by atoms with E-state index in [4.69, 9.17) is 11.6 Å². The van der Waals surface area contributed by atoms with E-state index >= 15 is 0 Å². The minimum absolute atomic E-state index is 0.0458. The van der Waals surface area contributed by atoms with E-state index < -0.39 is 0 Å². The normalized spacial score (nSPS) is 11.5. The molecule has 0 fully saturated rings. The van der Waals surface area contributed by atoms with Crippen LogP contribution in [-0.2, 0) is 6.54 Å². The van der Waals surface area contributed by atoms with Crippen LogP contribution in [-0.4, -0.2) is 14.5 Å². The van der Waals surface area contributed by atoms with Crippen LogP contribution in [0.15, 0.2) is 35.4 Å². The van der Waals surface area contributed by atoms with Crippen molar-refractivity contribution < 1.29 is 0 Å². The molecule has 0 unspecified atom stereocenters. The predicted molar refractivity (Wildman–Crippen MR) is 104 cm³/mol. The van der Waals surface area contributed by atoms with Gasteiger partial charge in [0.05, 0.1) is 34.5 Å². The third-order valence-electron chi connectivity index (χ3n) is 4.62. The molecule has 126 valence electrons. The van der Waals surface area contributed by atoms with Crippen LogP contribution in [0.1, 0.15) is 21.7 Å². The van der Waals surface area contributed by atoms with E-state index in [1.807, 2.05) is 45.0 Å². The molecule has 0 bridgehead atoms. The molecule has 3 heterocycles. The highest BCUT2D eigenvalue weighted by Gasteiger charge is 2.15. The van der Waals surface area contributed by atoms with Gasteiger partial charge in [-0.1, -0.05) is 29.8 Å². The van der Waals surface area contributed by atoms with Gasteiger partial charge in [-0.05, 0) is 38.0 Å². The highest BCUT2D eigenvalue weighted by atomic mass is 35.5. The number of hydrogen-bond donors (Lipinski definition) is 0. The number of nitrogens with zero attached hydrogens (tertiary/aromatic N) is 3. The van der Waals surface area contributed by atoms with Crippen LogP contribution >= 0.6 is 22.9 Å². The van der Waals surface area contributed by atoms with Crippen LogP contribution in [0.5, 0.6) is 0 Å². The number of fused-ring (bicyclic) bond motifs is 2. The van der Waals surface area contributed by atoms with E-state index in [0.29, 0.717) is 22.6 Å². The fourth-order valence-corrected chi connectivity index (χ4v) is 4.26. The van der Waals surface area contributed by atoms with E-state index in [-0.39, 0.29) is 5.56 Å². The van der Waals surface area contributed by atoms with Crippen LogP contribution in [0.2, 0.25) is 5.02 Å². The number of halogens is 1. The van der Waals surface area contributed by atoms with Gasteiger partial charge in [-0.3, -0.25) is 9.36 Å². The van der Waals surface area contributed by atoms with Gasteiger partial charge >= 0.3 is 0 Å². The van der Waals surface area contributed by atoms with E-state index in [9.17, 15) is 4.79 Å². The topological polar surface area (TPSA) is 47.8 Å². The Balaban J connectivity index is 1.88. The summed E-state index contributed by atoms with van der Waals surface area (Å²) in [7, 11) is 0. The third kappa shape index (κ3) is 2.55. The Hall–Kier alpha value is -2.24. The maximum atomic E-state index is 12.9. The maximum Gasteiger partial charge on any atom is 0.262 e. The Kier molecular flexibility index (Phi) is 3.85. The molecule has 4 aromatic rings. The molecule has 0 aliphatic rings. The molecule has 0 atom stereocenters. The number of benzene rings is 1. The highest BCUT2D eigenvalue weighted by Crippen LogP contribution is 2.28. The number of aromatic nitrogens is 3. The van der Waals surface area contributed by atoms with Gasteiger partial charge in [0.25, 0.3) is 5.56 Å². The summed E-state index contributed by atoms with van der Waals surface area (Å²) in [4.78, 5) is 23.9. The van der Waals surface area contributed by atoms with Gasteiger partial charge in [0.1, 0.15) is 4.83 Å². The number of pyridine rings is 1. The molecule has 0 aliphatic heterocycles. The van der Waals surface area contributed by atoms with Crippen molar-refractivity contribution in [3.8, 4) is 0 Å². The molecule has 4 rings (SSSR count). The summed E-state index contributed by atoms with van der Waals surface area (Å²) >= 11 is 8.08. The summed E-state index contributed by atoms with van der Waals surface area (Å²) in [5, 5.41) is 2.32. The zero-order valence-corrected chi connectivity index (χ0v) is 15.7. The second-order valence-corrected chi connectivity index (χ2v) is 7.74. The van der Waals surface area contributed by atoms with E-state index in [1.54, 1.807) is 22.2 Å². The Morgan fingerprint density at radius 1 is 1.16 bits per heavy atom. The van der Waals surface area contributed by atoms with Crippen molar-refractivity contribution in [2.75, 3.05) is 0 Å². The number of para-hydroxylation sites is 1. The summed E-state index contributed by atoms with van der Waals surface area (Å²) in [6, 6.07) is 7.88. The van der Waals surface area contributed by atoms with Crippen molar-refractivity contribution in [1.82, 2.24) is 14.5 Å². The lowest BCUT2D eigenvalue weighted by atomic mass is 10.1. The zero-order chi connectivity index (χ0) is 17.7. The van der Waals surface area contributed by atoms with Crippen LogP contribution in [0.3, 0.4) is 0 Å². The number of hydrogen-bond acceptors (Lipinski definition) is 4. The summed E-state index contributed by atoms with van der Waals surface area (Å²) < 4.78 is 1.59. The first-order valence-electron chi connectivity index (χ1n) is 7.96. The smallest absolute Gasteiger partial charge is 0.262 e. The van der Waals surface area contributed by atoms with Crippen molar-refractivity contribution in [1.29, 1.82) is 0 Å². The van der Waals surface area contributed by atoms with Gasteiger partial charge in [-0.25, -0.2) is 9.97 Å². The lowest BCUT2D eigenvalue weighted by Gasteiger charge is -2.11. The van der Waals surface area contributed by atoms with Crippen molar-refractivity contribution in [3.05, 3.63) is 67.7 Å². The molecule has 0 amide bonds. The van der Waals surface area contributed by atoms with Gasteiger partial charge in [0.15, 0.2) is 0 Å². The van der Waals surface area contributed by atoms with E-state index in [2.05, 4.69) is 9.97 Å². The summed E-state index contributed by atoms with van der Waals surface area (Å²) in [6.07, 6.45) is 1.59. The molecule has 0 saturated heterocycles. The van der Waals surface area contributed by atoms with Gasteiger partial charge < -0.3 is 0 Å². The lowest BCUT2D eigenvalue weighted by molar-refractivity contribution is 0.732. The Bertz CT molecular complexity index is 1190. The first kappa shape index (κ1) is 16.2. The second-order valence-electron chi connectivity index (χ2n) is 6.16. The van der Waals surface area contributed by atoms with Gasteiger partial charge in [0, 0.05) is 10.3 Å². The second kappa shape index (κ2) is 5.93. The van der Waals surface area contributed by atoms with E-state index in [0.717, 1.165) is 31.7 Å². The Morgan fingerprint density at radius 3 is 2.72 bits per heavy atom. The third-order valence-corrected chi connectivity index (χ3v) is 6.24. The Labute approximate surface area is 153 Å². The molecule has 0 aliphatic carbocycles. The molecule has 0 spiro atoms. The quantitative estimate of drug-likeness (QED) is 0.517. The molecule has 25 heavy (non-hydrogen) atoms. The SMILES string of the molecule is Cc1sc2ncn(Cc3nc4ccccc4c(C)c3Cl)c(=O)c2c1C.